The molecule has 10 heteroatoms. The fraction of sp³-hybridized carbons (Fsp3) is 0.0909. The lowest BCUT2D eigenvalue weighted by Gasteiger charge is -2.26. The van der Waals surface area contributed by atoms with Crippen LogP contribution < -0.4 is 19.7 Å². The number of hydrogen-bond acceptors (Lipinski definition) is 6. The van der Waals surface area contributed by atoms with E-state index >= 15 is 0 Å². The number of carboxylic acids is 1. The average Bonchev–Trinajstić information content (AvgIpc) is 2.75. The van der Waals surface area contributed by atoms with Gasteiger partial charge in [0, 0.05) is 0 Å². The number of ether oxygens (including phenoxy) is 2. The number of hydrogen-bond donors (Lipinski definition) is 2. The molecule has 0 saturated carbocycles. The molecule has 0 bridgehead atoms. The minimum absolute atomic E-state index is 0.0223. The highest BCUT2D eigenvalue weighted by Gasteiger charge is 2.37. The molecule has 0 atom stereocenters. The first-order valence-electron chi connectivity index (χ1n) is 9.12. The van der Waals surface area contributed by atoms with Gasteiger partial charge in [0.25, 0.3) is 11.8 Å². The molecule has 0 unspecified atom stereocenters. The van der Waals surface area contributed by atoms with Crippen molar-refractivity contribution in [1.82, 2.24) is 5.32 Å². The number of rotatable bonds is 7. The topological polar surface area (TPSA) is 122 Å². The molecule has 4 amide bonds. The molecule has 1 aliphatic rings. The number of urea groups is 1. The van der Waals surface area contributed by atoms with Crippen molar-refractivity contribution < 1.29 is 33.8 Å². The van der Waals surface area contributed by atoms with Gasteiger partial charge in [-0.05, 0) is 48.0 Å². The third kappa shape index (κ3) is 4.47. The summed E-state index contributed by atoms with van der Waals surface area (Å²) in [7, 11) is 1.41. The van der Waals surface area contributed by atoms with Crippen LogP contribution >= 0.6 is 11.6 Å². The van der Waals surface area contributed by atoms with Gasteiger partial charge < -0.3 is 14.6 Å². The van der Waals surface area contributed by atoms with Crippen molar-refractivity contribution in [3.8, 4) is 11.5 Å². The number of aromatic carboxylic acids is 1. The molecule has 0 aliphatic carbocycles. The third-order valence-electron chi connectivity index (χ3n) is 4.38. The van der Waals surface area contributed by atoms with Crippen molar-refractivity contribution in [2.75, 3.05) is 18.6 Å². The van der Waals surface area contributed by atoms with Crippen LogP contribution in [0.15, 0.2) is 54.6 Å². The Balaban J connectivity index is 1.99. The Labute approximate surface area is 187 Å². The summed E-state index contributed by atoms with van der Waals surface area (Å²) in [5.41, 5.74) is 0.0993. The highest BCUT2D eigenvalue weighted by Crippen LogP contribution is 2.37. The number of carbonyl (C=O) groups excluding carboxylic acids is 3. The van der Waals surface area contributed by atoms with Crippen molar-refractivity contribution in [3.63, 3.8) is 0 Å². The number of carbonyl (C=O) groups is 4. The molecule has 0 spiro atoms. The van der Waals surface area contributed by atoms with Crippen LogP contribution in [0.5, 0.6) is 11.5 Å². The van der Waals surface area contributed by atoms with Gasteiger partial charge in [0.1, 0.15) is 12.2 Å². The molecule has 32 heavy (non-hydrogen) atoms. The van der Waals surface area contributed by atoms with Crippen molar-refractivity contribution in [2.24, 2.45) is 0 Å². The molecule has 2 aromatic carbocycles. The van der Waals surface area contributed by atoms with Crippen LogP contribution in [0.1, 0.15) is 15.9 Å². The number of benzene rings is 2. The van der Waals surface area contributed by atoms with Gasteiger partial charge in [0.05, 0.1) is 23.4 Å². The Morgan fingerprint density at radius 3 is 2.50 bits per heavy atom. The Kier molecular flexibility index (Phi) is 6.60. The molecule has 164 valence electrons. The molecule has 1 fully saturated rings. The van der Waals surface area contributed by atoms with E-state index in [0.717, 1.165) is 4.90 Å². The maximum absolute atomic E-state index is 13.0. The molecule has 1 heterocycles. The summed E-state index contributed by atoms with van der Waals surface area (Å²) < 4.78 is 10.7. The van der Waals surface area contributed by atoms with Crippen LogP contribution in [-0.2, 0) is 9.59 Å². The van der Waals surface area contributed by atoms with E-state index < -0.39 is 23.8 Å². The molecular weight excluding hydrogens is 440 g/mol. The van der Waals surface area contributed by atoms with Crippen molar-refractivity contribution >= 4 is 47.2 Å². The standard InChI is InChI=1S/C22H17ClN2O7/c1-3-8-32-18-16(23)10-12(11-17(18)31-2)9-15-19(26)24-22(30)25(20(15)27)14-6-4-13(5-7-14)21(28)29/h3-7,9-11H,1,8H2,2H3,(H,28,29)(H,24,26,30)/b15-9-. The molecule has 1 saturated heterocycles. The largest absolute Gasteiger partial charge is 0.493 e. The predicted molar refractivity (Wildman–Crippen MR) is 116 cm³/mol. The smallest absolute Gasteiger partial charge is 0.335 e. The number of methoxy groups -OCH3 is 1. The number of halogens is 1. The van der Waals surface area contributed by atoms with E-state index in [1.165, 1.54) is 55.7 Å². The quantitative estimate of drug-likeness (QED) is 0.372. The second-order valence-corrected chi connectivity index (χ2v) is 6.85. The van der Waals surface area contributed by atoms with Gasteiger partial charge in [0.15, 0.2) is 11.5 Å². The highest BCUT2D eigenvalue weighted by atomic mass is 35.5. The van der Waals surface area contributed by atoms with Crippen LogP contribution in [0.25, 0.3) is 6.08 Å². The average molecular weight is 457 g/mol. The fourth-order valence-electron chi connectivity index (χ4n) is 2.92. The van der Waals surface area contributed by atoms with Gasteiger partial charge >= 0.3 is 12.0 Å². The monoisotopic (exact) mass is 456 g/mol. The molecular formula is C22H17ClN2O7. The Morgan fingerprint density at radius 1 is 1.22 bits per heavy atom. The minimum Gasteiger partial charge on any atom is -0.493 e. The van der Waals surface area contributed by atoms with Crippen molar-refractivity contribution in [1.29, 1.82) is 0 Å². The minimum atomic E-state index is -1.16. The SMILES string of the molecule is C=CCOc1c(Cl)cc(/C=C2/C(=O)NC(=O)N(c3ccc(C(=O)O)cc3)C2=O)cc1OC. The number of amides is 4. The van der Waals surface area contributed by atoms with Gasteiger partial charge in [0.2, 0.25) is 0 Å². The Morgan fingerprint density at radius 2 is 1.91 bits per heavy atom. The van der Waals surface area contributed by atoms with Gasteiger partial charge in [-0.2, -0.15) is 0 Å². The molecule has 2 aromatic rings. The Hall–Kier alpha value is -4.11. The summed E-state index contributed by atoms with van der Waals surface area (Å²) in [5, 5.41) is 11.3. The zero-order valence-corrected chi connectivity index (χ0v) is 17.5. The lowest BCUT2D eigenvalue weighted by molar-refractivity contribution is -0.122. The molecule has 1 aliphatic heterocycles. The van der Waals surface area contributed by atoms with Crippen LogP contribution in [0.3, 0.4) is 0 Å². The van der Waals surface area contributed by atoms with E-state index in [0.29, 0.717) is 5.56 Å². The van der Waals surface area contributed by atoms with Crippen molar-refractivity contribution in [2.45, 2.75) is 0 Å². The highest BCUT2D eigenvalue weighted by molar-refractivity contribution is 6.39. The first kappa shape index (κ1) is 22.6. The molecule has 9 nitrogen and oxygen atoms in total. The van der Waals surface area contributed by atoms with Gasteiger partial charge in [-0.3, -0.25) is 14.9 Å². The van der Waals surface area contributed by atoms with E-state index in [9.17, 15) is 19.2 Å². The first-order valence-corrected chi connectivity index (χ1v) is 9.50. The molecule has 3 rings (SSSR count). The molecule has 0 aromatic heterocycles. The van der Waals surface area contributed by atoms with E-state index in [1.807, 2.05) is 0 Å². The number of barbiturate groups is 1. The number of carboxylic acid groups (broad SMARTS) is 1. The number of nitrogens with zero attached hydrogens (tertiary/aromatic N) is 1. The van der Waals surface area contributed by atoms with Gasteiger partial charge in [-0.1, -0.05) is 24.3 Å². The normalized spacial score (nSPS) is 14.9. The number of nitrogens with one attached hydrogen (secondary N) is 1. The molecule has 0 radical (unpaired) electrons. The second kappa shape index (κ2) is 9.36. The van der Waals surface area contributed by atoms with E-state index in [4.69, 9.17) is 26.2 Å². The zero-order chi connectivity index (χ0) is 23.4. The van der Waals surface area contributed by atoms with Crippen LogP contribution in [-0.4, -0.2) is 42.6 Å². The van der Waals surface area contributed by atoms with Crippen molar-refractivity contribution in [3.05, 3.63) is 70.8 Å². The summed E-state index contributed by atoms with van der Waals surface area (Å²) >= 11 is 6.26. The summed E-state index contributed by atoms with van der Waals surface area (Å²) in [5.74, 6) is -2.39. The third-order valence-corrected chi connectivity index (χ3v) is 4.66. The summed E-state index contributed by atoms with van der Waals surface area (Å²) in [4.78, 5) is 49.4. The van der Waals surface area contributed by atoms with Crippen LogP contribution in [0, 0.1) is 0 Å². The second-order valence-electron chi connectivity index (χ2n) is 6.44. The van der Waals surface area contributed by atoms with E-state index in [1.54, 1.807) is 0 Å². The van der Waals surface area contributed by atoms with Gasteiger partial charge in [-0.25, -0.2) is 14.5 Å². The fourth-order valence-corrected chi connectivity index (χ4v) is 3.19. The molecule has 2 N–H and O–H groups in total. The number of imide groups is 2. The predicted octanol–water partition coefficient (Wildman–Crippen LogP) is 3.28. The lowest BCUT2D eigenvalue weighted by atomic mass is 10.1. The maximum Gasteiger partial charge on any atom is 0.335 e. The number of anilines is 1. The maximum atomic E-state index is 13.0. The van der Waals surface area contributed by atoms with E-state index in [2.05, 4.69) is 11.9 Å². The summed E-state index contributed by atoms with van der Waals surface area (Å²) in [6.45, 7) is 3.75. The van der Waals surface area contributed by atoms with Crippen LogP contribution in [0.4, 0.5) is 10.5 Å². The lowest BCUT2D eigenvalue weighted by Crippen LogP contribution is -2.54. The summed E-state index contributed by atoms with van der Waals surface area (Å²) in [6.07, 6.45) is 2.79. The van der Waals surface area contributed by atoms with E-state index in [-0.39, 0.29) is 40.0 Å². The van der Waals surface area contributed by atoms with Crippen LogP contribution in [0.2, 0.25) is 5.02 Å². The summed E-state index contributed by atoms with van der Waals surface area (Å²) in [6, 6.07) is 7.10. The zero-order valence-electron chi connectivity index (χ0n) is 16.8. The first-order chi connectivity index (χ1) is 15.3. The van der Waals surface area contributed by atoms with Gasteiger partial charge in [-0.15, -0.1) is 0 Å². The Bertz CT molecular complexity index is 1160.